The molecule has 0 spiro atoms. The number of nitrogens with two attached hydrogens (primary N) is 1. The first-order valence-electron chi connectivity index (χ1n) is 4.43. The lowest BCUT2D eigenvalue weighted by molar-refractivity contribution is 0.0218. The standard InChI is InChI=1S/C9H14N2O4/c1-15-9(14)6-3-2-5(11-6)8(13)7(12)4-10/h2-3,7-8,11-13H,4,10H2,1H3. The summed E-state index contributed by atoms with van der Waals surface area (Å²) in [4.78, 5) is 13.7. The molecule has 1 rings (SSSR count). The number of carbonyl (C=O) groups excluding carboxylic acids is 1. The zero-order valence-corrected chi connectivity index (χ0v) is 8.30. The number of aliphatic hydroxyl groups is 2. The minimum atomic E-state index is -1.13. The zero-order valence-electron chi connectivity index (χ0n) is 8.30. The van der Waals surface area contributed by atoms with Crippen LogP contribution in [0.2, 0.25) is 0 Å². The smallest absolute Gasteiger partial charge is 0.354 e. The second kappa shape index (κ2) is 4.92. The molecule has 1 aromatic rings. The highest BCUT2D eigenvalue weighted by Crippen LogP contribution is 2.16. The van der Waals surface area contributed by atoms with E-state index in [4.69, 9.17) is 5.73 Å². The van der Waals surface area contributed by atoms with E-state index in [0.717, 1.165) is 0 Å². The summed E-state index contributed by atoms with van der Waals surface area (Å²) in [5.41, 5.74) is 5.73. The van der Waals surface area contributed by atoms with Crippen LogP contribution >= 0.6 is 0 Å². The van der Waals surface area contributed by atoms with Crippen LogP contribution in [0.5, 0.6) is 0 Å². The van der Waals surface area contributed by atoms with Gasteiger partial charge in [0.1, 0.15) is 11.8 Å². The average Bonchev–Trinajstić information content (AvgIpc) is 2.75. The van der Waals surface area contributed by atoms with Crippen LogP contribution in [0.15, 0.2) is 12.1 Å². The number of nitrogens with one attached hydrogen (secondary N) is 1. The summed E-state index contributed by atoms with van der Waals surface area (Å²) in [7, 11) is 1.26. The average molecular weight is 214 g/mol. The van der Waals surface area contributed by atoms with Gasteiger partial charge in [0.25, 0.3) is 0 Å². The van der Waals surface area contributed by atoms with Gasteiger partial charge in [-0.2, -0.15) is 0 Å². The third kappa shape index (κ3) is 2.56. The molecule has 6 heteroatoms. The van der Waals surface area contributed by atoms with Crippen molar-refractivity contribution in [2.75, 3.05) is 13.7 Å². The van der Waals surface area contributed by atoms with Crippen molar-refractivity contribution < 1.29 is 19.7 Å². The summed E-state index contributed by atoms with van der Waals surface area (Å²) in [5, 5.41) is 18.8. The minimum Gasteiger partial charge on any atom is -0.464 e. The van der Waals surface area contributed by atoms with Gasteiger partial charge in [-0.15, -0.1) is 0 Å². The van der Waals surface area contributed by atoms with Crippen molar-refractivity contribution >= 4 is 5.97 Å². The highest BCUT2D eigenvalue weighted by Gasteiger charge is 2.19. The maximum absolute atomic E-state index is 11.1. The van der Waals surface area contributed by atoms with E-state index in [1.165, 1.54) is 19.2 Å². The lowest BCUT2D eigenvalue weighted by atomic mass is 10.1. The van der Waals surface area contributed by atoms with Crippen molar-refractivity contribution in [1.82, 2.24) is 4.98 Å². The largest absolute Gasteiger partial charge is 0.464 e. The Morgan fingerprint density at radius 3 is 2.80 bits per heavy atom. The van der Waals surface area contributed by atoms with Crippen LogP contribution < -0.4 is 5.73 Å². The van der Waals surface area contributed by atoms with Gasteiger partial charge in [-0.25, -0.2) is 4.79 Å². The second-order valence-corrected chi connectivity index (χ2v) is 3.07. The van der Waals surface area contributed by atoms with E-state index >= 15 is 0 Å². The topological polar surface area (TPSA) is 109 Å². The molecule has 1 heterocycles. The van der Waals surface area contributed by atoms with Crippen molar-refractivity contribution in [1.29, 1.82) is 0 Å². The van der Waals surface area contributed by atoms with Crippen LogP contribution in [0, 0.1) is 0 Å². The van der Waals surface area contributed by atoms with Crippen LogP contribution in [-0.2, 0) is 4.74 Å². The fraction of sp³-hybridized carbons (Fsp3) is 0.444. The Bertz CT molecular complexity index is 337. The van der Waals surface area contributed by atoms with Crippen molar-refractivity contribution in [2.24, 2.45) is 5.73 Å². The number of methoxy groups -OCH3 is 1. The molecule has 0 saturated heterocycles. The van der Waals surface area contributed by atoms with E-state index in [-0.39, 0.29) is 12.2 Å². The number of hydrogen-bond donors (Lipinski definition) is 4. The fourth-order valence-corrected chi connectivity index (χ4v) is 1.15. The molecule has 5 N–H and O–H groups in total. The Labute approximate surface area is 86.7 Å². The van der Waals surface area contributed by atoms with Gasteiger partial charge >= 0.3 is 5.97 Å². The molecule has 0 fully saturated rings. The number of aromatic nitrogens is 1. The van der Waals surface area contributed by atoms with Crippen LogP contribution in [0.3, 0.4) is 0 Å². The van der Waals surface area contributed by atoms with Crippen LogP contribution in [-0.4, -0.2) is 40.9 Å². The molecule has 0 radical (unpaired) electrons. The molecular formula is C9H14N2O4. The van der Waals surface area contributed by atoms with Gasteiger partial charge in [0.2, 0.25) is 0 Å². The summed E-state index contributed by atoms with van der Waals surface area (Å²) >= 11 is 0. The lowest BCUT2D eigenvalue weighted by Gasteiger charge is -2.14. The zero-order chi connectivity index (χ0) is 11.4. The van der Waals surface area contributed by atoms with E-state index in [1.807, 2.05) is 0 Å². The Morgan fingerprint density at radius 1 is 1.60 bits per heavy atom. The molecule has 2 atom stereocenters. The molecular weight excluding hydrogens is 200 g/mol. The SMILES string of the molecule is COC(=O)c1ccc(C(O)C(O)CN)[nH]1. The molecule has 1 aromatic heterocycles. The number of aromatic amines is 1. The summed E-state index contributed by atoms with van der Waals surface area (Å²) in [5.74, 6) is -0.532. The number of rotatable bonds is 4. The summed E-state index contributed by atoms with van der Waals surface area (Å²) < 4.78 is 4.48. The highest BCUT2D eigenvalue weighted by atomic mass is 16.5. The third-order valence-corrected chi connectivity index (χ3v) is 2.04. The number of carbonyl (C=O) groups is 1. The molecule has 15 heavy (non-hydrogen) atoms. The van der Waals surface area contributed by atoms with Crippen molar-refractivity contribution in [3.63, 3.8) is 0 Å². The number of aliphatic hydroxyl groups excluding tert-OH is 2. The van der Waals surface area contributed by atoms with Gasteiger partial charge < -0.3 is 25.7 Å². The van der Waals surface area contributed by atoms with Crippen molar-refractivity contribution in [2.45, 2.75) is 12.2 Å². The van der Waals surface area contributed by atoms with E-state index in [9.17, 15) is 15.0 Å². The molecule has 0 bridgehead atoms. The van der Waals surface area contributed by atoms with E-state index in [0.29, 0.717) is 5.69 Å². The predicted octanol–water partition coefficient (Wildman–Crippen LogP) is -0.846. The molecule has 0 aliphatic heterocycles. The first-order chi connectivity index (χ1) is 7.10. The second-order valence-electron chi connectivity index (χ2n) is 3.07. The lowest BCUT2D eigenvalue weighted by Crippen LogP contribution is -2.27. The van der Waals surface area contributed by atoms with Crippen LogP contribution in [0.25, 0.3) is 0 Å². The Hall–Kier alpha value is -1.37. The highest BCUT2D eigenvalue weighted by molar-refractivity contribution is 5.87. The number of esters is 1. The van der Waals surface area contributed by atoms with Gasteiger partial charge in [-0.3, -0.25) is 0 Å². The summed E-state index contributed by atoms with van der Waals surface area (Å²) in [6.07, 6.45) is -2.19. The van der Waals surface area contributed by atoms with Gasteiger partial charge in [-0.05, 0) is 12.1 Å². The summed E-state index contributed by atoms with van der Waals surface area (Å²) in [6.45, 7) is -0.0618. The number of ether oxygens (including phenoxy) is 1. The van der Waals surface area contributed by atoms with Gasteiger partial charge in [-0.1, -0.05) is 0 Å². The van der Waals surface area contributed by atoms with Crippen molar-refractivity contribution in [3.8, 4) is 0 Å². The molecule has 6 nitrogen and oxygen atoms in total. The summed E-state index contributed by atoms with van der Waals surface area (Å²) in [6, 6.07) is 2.96. The van der Waals surface area contributed by atoms with Gasteiger partial charge in [0.15, 0.2) is 0 Å². The van der Waals surface area contributed by atoms with E-state index in [1.54, 1.807) is 0 Å². The van der Waals surface area contributed by atoms with Crippen LogP contribution in [0.4, 0.5) is 0 Å². The molecule has 0 aliphatic rings. The van der Waals surface area contributed by atoms with Gasteiger partial charge in [0.05, 0.1) is 13.2 Å². The first-order valence-corrected chi connectivity index (χ1v) is 4.43. The van der Waals surface area contributed by atoms with E-state index < -0.39 is 18.2 Å². The van der Waals surface area contributed by atoms with Gasteiger partial charge in [0, 0.05) is 12.2 Å². The molecule has 0 amide bonds. The molecule has 0 saturated carbocycles. The minimum absolute atomic E-state index is 0.0618. The quantitative estimate of drug-likeness (QED) is 0.488. The molecule has 0 aromatic carbocycles. The maximum atomic E-state index is 11.1. The molecule has 84 valence electrons. The fourth-order valence-electron chi connectivity index (χ4n) is 1.15. The van der Waals surface area contributed by atoms with Crippen LogP contribution in [0.1, 0.15) is 22.3 Å². The Balaban J connectivity index is 2.79. The predicted molar refractivity (Wildman–Crippen MR) is 52.2 cm³/mol. The third-order valence-electron chi connectivity index (χ3n) is 2.04. The maximum Gasteiger partial charge on any atom is 0.354 e. The van der Waals surface area contributed by atoms with Crippen molar-refractivity contribution in [3.05, 3.63) is 23.5 Å². The normalized spacial score (nSPS) is 14.7. The number of hydrogen-bond acceptors (Lipinski definition) is 5. The monoisotopic (exact) mass is 214 g/mol. The Kier molecular flexibility index (Phi) is 3.84. The first kappa shape index (κ1) is 11.7. The number of H-pyrrole nitrogens is 1. The molecule has 2 unspecified atom stereocenters. The Morgan fingerprint density at radius 2 is 2.27 bits per heavy atom. The molecule has 0 aliphatic carbocycles. The van der Waals surface area contributed by atoms with E-state index in [2.05, 4.69) is 9.72 Å².